The third-order valence-corrected chi connectivity index (χ3v) is 3.56. The largest absolute Gasteiger partial charge is 0.463 e. The number of halogens is 1. The summed E-state index contributed by atoms with van der Waals surface area (Å²) in [5.74, 6) is -0.206. The van der Waals surface area contributed by atoms with Gasteiger partial charge in [-0.15, -0.1) is 0 Å². The van der Waals surface area contributed by atoms with E-state index in [1.807, 2.05) is 19.9 Å². The molecule has 0 aromatic heterocycles. The minimum atomic E-state index is -0.206. The maximum Gasteiger partial charge on any atom is 0.310 e. The number of fused-ring (bicyclic) bond motifs is 1. The molecule has 0 aliphatic heterocycles. The molecule has 98 valence electrons. The van der Waals surface area contributed by atoms with Gasteiger partial charge in [0.05, 0.1) is 12.5 Å². The predicted octanol–water partition coefficient (Wildman–Crippen LogP) is 3.71. The molecule has 0 saturated heterocycles. The van der Waals surface area contributed by atoms with Crippen LogP contribution in [-0.4, -0.2) is 12.1 Å². The molecule has 1 aromatic rings. The maximum atomic E-state index is 11.7. The average Bonchev–Trinajstić information content (AvgIpc) is 2.29. The van der Waals surface area contributed by atoms with E-state index in [1.54, 1.807) is 0 Å². The summed E-state index contributed by atoms with van der Waals surface area (Å²) in [7, 11) is 0. The van der Waals surface area contributed by atoms with Gasteiger partial charge in [0.1, 0.15) is 0 Å². The summed E-state index contributed by atoms with van der Waals surface area (Å²) in [5, 5.41) is 0.691. The number of benzene rings is 1. The van der Waals surface area contributed by atoms with E-state index in [0.717, 1.165) is 18.4 Å². The van der Waals surface area contributed by atoms with E-state index in [-0.39, 0.29) is 18.5 Å². The molecule has 1 aromatic carbocycles. The van der Waals surface area contributed by atoms with Crippen molar-refractivity contribution in [2.45, 2.75) is 52.1 Å². The number of carbonyl (C=O) groups excluding carboxylic acids is 1. The third-order valence-electron chi connectivity index (χ3n) is 3.21. The molecule has 2 rings (SSSR count). The lowest BCUT2D eigenvalue weighted by atomic mass is 9.90. The van der Waals surface area contributed by atoms with Crippen LogP contribution in [0.4, 0.5) is 0 Å². The summed E-state index contributed by atoms with van der Waals surface area (Å²) in [6.45, 7) is 3.71. The van der Waals surface area contributed by atoms with Crippen LogP contribution in [0.25, 0.3) is 0 Å². The molecule has 18 heavy (non-hydrogen) atoms. The van der Waals surface area contributed by atoms with Gasteiger partial charge in [-0.25, -0.2) is 0 Å². The molecular weight excluding hydrogens is 248 g/mol. The zero-order valence-electron chi connectivity index (χ0n) is 11.0. The smallest absolute Gasteiger partial charge is 0.310 e. The molecule has 0 N–H and O–H groups in total. The number of hydrogen-bond acceptors (Lipinski definition) is 2. The summed E-state index contributed by atoms with van der Waals surface area (Å²) in [6.07, 6.45) is 4.85. The highest BCUT2D eigenvalue weighted by molar-refractivity contribution is 6.31. The molecule has 0 saturated carbocycles. The van der Waals surface area contributed by atoms with Gasteiger partial charge < -0.3 is 4.74 Å². The van der Waals surface area contributed by atoms with Gasteiger partial charge in [-0.2, -0.15) is 0 Å². The van der Waals surface area contributed by atoms with Gasteiger partial charge in [0, 0.05) is 5.02 Å². The Labute approximate surface area is 113 Å². The van der Waals surface area contributed by atoms with E-state index in [2.05, 4.69) is 6.07 Å². The van der Waals surface area contributed by atoms with Crippen LogP contribution in [0.3, 0.4) is 0 Å². The van der Waals surface area contributed by atoms with Crippen LogP contribution in [0.2, 0.25) is 5.02 Å². The predicted molar refractivity (Wildman–Crippen MR) is 73.0 cm³/mol. The molecule has 2 nitrogen and oxygen atoms in total. The van der Waals surface area contributed by atoms with Crippen molar-refractivity contribution in [2.75, 3.05) is 0 Å². The second kappa shape index (κ2) is 5.75. The number of hydrogen-bond donors (Lipinski definition) is 0. The second-order valence-electron chi connectivity index (χ2n) is 5.13. The average molecular weight is 267 g/mol. The molecule has 0 radical (unpaired) electrons. The van der Waals surface area contributed by atoms with Crippen LogP contribution in [0.15, 0.2) is 12.1 Å². The first kappa shape index (κ1) is 13.4. The number of esters is 1. The molecular formula is C15H19ClO2. The standard InChI is InChI=1S/C15H19ClO2/c1-10(2)18-15(17)9-13-7-11-5-3-4-6-12(11)8-14(13)16/h7-8,10H,3-6,9H2,1-2H3. The van der Waals surface area contributed by atoms with Crippen molar-refractivity contribution in [1.82, 2.24) is 0 Å². The first-order chi connectivity index (χ1) is 8.56. The van der Waals surface area contributed by atoms with Crippen LogP contribution >= 0.6 is 11.6 Å². The molecule has 0 bridgehead atoms. The van der Waals surface area contributed by atoms with Crippen molar-refractivity contribution in [3.63, 3.8) is 0 Å². The number of aryl methyl sites for hydroxylation is 2. The van der Waals surface area contributed by atoms with E-state index >= 15 is 0 Å². The number of carbonyl (C=O) groups is 1. The van der Waals surface area contributed by atoms with Crippen molar-refractivity contribution in [3.8, 4) is 0 Å². The lowest BCUT2D eigenvalue weighted by Gasteiger charge is -2.18. The highest BCUT2D eigenvalue weighted by Gasteiger charge is 2.15. The van der Waals surface area contributed by atoms with Gasteiger partial charge >= 0.3 is 5.97 Å². The number of rotatable bonds is 3. The Kier molecular flexibility index (Phi) is 4.28. The normalized spacial score (nSPS) is 14.4. The Morgan fingerprint density at radius 3 is 2.50 bits per heavy atom. The fourth-order valence-electron chi connectivity index (χ4n) is 2.40. The quantitative estimate of drug-likeness (QED) is 0.780. The molecule has 0 spiro atoms. The van der Waals surface area contributed by atoms with Crippen molar-refractivity contribution in [1.29, 1.82) is 0 Å². The van der Waals surface area contributed by atoms with Gasteiger partial charge in [-0.1, -0.05) is 17.7 Å². The van der Waals surface area contributed by atoms with Crippen LogP contribution < -0.4 is 0 Å². The lowest BCUT2D eigenvalue weighted by Crippen LogP contribution is -2.14. The highest BCUT2D eigenvalue weighted by atomic mass is 35.5. The van der Waals surface area contributed by atoms with Gasteiger partial charge in [0.15, 0.2) is 0 Å². The highest BCUT2D eigenvalue weighted by Crippen LogP contribution is 2.28. The molecule has 0 unspecified atom stereocenters. The molecule has 0 heterocycles. The maximum absolute atomic E-state index is 11.7. The third kappa shape index (κ3) is 3.26. The Balaban J connectivity index is 2.15. The van der Waals surface area contributed by atoms with Crippen molar-refractivity contribution in [2.24, 2.45) is 0 Å². The monoisotopic (exact) mass is 266 g/mol. The van der Waals surface area contributed by atoms with Crippen LogP contribution in [0.5, 0.6) is 0 Å². The first-order valence-corrected chi connectivity index (χ1v) is 6.93. The van der Waals surface area contributed by atoms with Crippen molar-refractivity contribution >= 4 is 17.6 Å². The second-order valence-corrected chi connectivity index (χ2v) is 5.54. The van der Waals surface area contributed by atoms with E-state index in [9.17, 15) is 4.79 Å². The SMILES string of the molecule is CC(C)OC(=O)Cc1cc2c(cc1Cl)CCCC2. The van der Waals surface area contributed by atoms with Gasteiger partial charge in [0.2, 0.25) is 0 Å². The summed E-state index contributed by atoms with van der Waals surface area (Å²) >= 11 is 6.23. The summed E-state index contributed by atoms with van der Waals surface area (Å²) < 4.78 is 5.16. The fraction of sp³-hybridized carbons (Fsp3) is 0.533. The van der Waals surface area contributed by atoms with E-state index in [0.29, 0.717) is 5.02 Å². The summed E-state index contributed by atoms with van der Waals surface area (Å²) in [6, 6.07) is 4.10. The molecule has 1 aliphatic rings. The molecule has 0 fully saturated rings. The van der Waals surface area contributed by atoms with Gasteiger partial charge in [0.25, 0.3) is 0 Å². The minimum absolute atomic E-state index is 0.0751. The zero-order valence-corrected chi connectivity index (χ0v) is 11.7. The number of ether oxygens (including phenoxy) is 1. The molecule has 0 amide bonds. The van der Waals surface area contributed by atoms with E-state index < -0.39 is 0 Å². The Hall–Kier alpha value is -1.02. The topological polar surface area (TPSA) is 26.3 Å². The van der Waals surface area contributed by atoms with Crippen LogP contribution in [0, 0.1) is 0 Å². The molecule has 1 aliphatic carbocycles. The van der Waals surface area contributed by atoms with Crippen molar-refractivity contribution < 1.29 is 9.53 Å². The van der Waals surface area contributed by atoms with Crippen LogP contribution in [0.1, 0.15) is 43.4 Å². The molecule has 3 heteroatoms. The Bertz CT molecular complexity index is 452. The molecule has 0 atom stereocenters. The lowest BCUT2D eigenvalue weighted by molar-refractivity contribution is -0.146. The zero-order chi connectivity index (χ0) is 13.1. The van der Waals surface area contributed by atoms with Gasteiger partial charge in [-0.05, 0) is 62.3 Å². The Morgan fingerprint density at radius 1 is 1.28 bits per heavy atom. The van der Waals surface area contributed by atoms with Crippen molar-refractivity contribution in [3.05, 3.63) is 33.8 Å². The minimum Gasteiger partial charge on any atom is -0.463 e. The summed E-state index contributed by atoms with van der Waals surface area (Å²) in [5.41, 5.74) is 3.58. The Morgan fingerprint density at radius 2 is 1.89 bits per heavy atom. The first-order valence-electron chi connectivity index (χ1n) is 6.56. The van der Waals surface area contributed by atoms with Crippen LogP contribution in [-0.2, 0) is 28.8 Å². The van der Waals surface area contributed by atoms with E-state index in [4.69, 9.17) is 16.3 Å². The summed E-state index contributed by atoms with van der Waals surface area (Å²) in [4.78, 5) is 11.7. The fourth-order valence-corrected chi connectivity index (χ4v) is 2.66. The van der Waals surface area contributed by atoms with Gasteiger partial charge in [-0.3, -0.25) is 4.79 Å². The van der Waals surface area contributed by atoms with E-state index in [1.165, 1.54) is 24.0 Å².